The lowest BCUT2D eigenvalue weighted by molar-refractivity contribution is 0.365. The highest BCUT2D eigenvalue weighted by Crippen LogP contribution is 2.38. The molecule has 0 bridgehead atoms. The normalized spacial score (nSPS) is 19.5. The fraction of sp³-hybridized carbons (Fsp3) is 0.448. The summed E-state index contributed by atoms with van der Waals surface area (Å²) in [6.45, 7) is 3.32. The number of aryl methyl sites for hydroxylation is 2. The van der Waals surface area contributed by atoms with Crippen LogP contribution in [0.1, 0.15) is 55.3 Å². The molecule has 0 saturated heterocycles. The van der Waals surface area contributed by atoms with Crippen molar-refractivity contribution < 1.29 is 0 Å². The highest BCUT2D eigenvalue weighted by molar-refractivity contribution is 5.92. The lowest BCUT2D eigenvalue weighted by Gasteiger charge is -2.42. The molecule has 0 radical (unpaired) electrons. The Balaban J connectivity index is 1.44. The molecule has 1 aromatic carbocycles. The minimum atomic E-state index is -0.331. The van der Waals surface area contributed by atoms with E-state index in [-0.39, 0.29) is 22.9 Å². The smallest absolute Gasteiger partial charge is 0.270 e. The van der Waals surface area contributed by atoms with Crippen LogP contribution in [0.2, 0.25) is 0 Å². The maximum Gasteiger partial charge on any atom is 0.270 e. The molecule has 5 rings (SSSR count). The number of nitrogens with zero attached hydrogens (tertiary/aromatic N) is 6. The number of benzene rings is 1. The Labute approximate surface area is 212 Å². The molecular formula is C29H32N6O. The van der Waals surface area contributed by atoms with Crippen molar-refractivity contribution in [2.24, 2.45) is 13.0 Å². The first-order chi connectivity index (χ1) is 17.4. The summed E-state index contributed by atoms with van der Waals surface area (Å²) in [5, 5.41) is 19.3. The van der Waals surface area contributed by atoms with E-state index < -0.39 is 0 Å². The summed E-state index contributed by atoms with van der Waals surface area (Å²) in [6.07, 6.45) is 6.69. The van der Waals surface area contributed by atoms with Gasteiger partial charge < -0.3 is 14.4 Å². The standard InChI is InChI=1S/C29H32N6O/c1-19-6-4-5-7-25(19)35(18-20-8-9-20)23-13-11-22(12-14-23)33(2)28-24(17-31)29(36)34(3)26-15-10-21(16-30)32-27(26)28/h4-7,10,15,20,22-23H,8-9,11-14,18H2,1-3H3. The molecule has 0 N–H and O–H groups in total. The second-order valence-corrected chi connectivity index (χ2v) is 10.3. The van der Waals surface area contributed by atoms with Crippen molar-refractivity contribution in [1.82, 2.24) is 9.55 Å². The summed E-state index contributed by atoms with van der Waals surface area (Å²) in [6, 6.07) is 16.9. The Morgan fingerprint density at radius 2 is 1.69 bits per heavy atom. The maximum absolute atomic E-state index is 13.0. The van der Waals surface area contributed by atoms with Gasteiger partial charge in [0.05, 0.1) is 11.2 Å². The van der Waals surface area contributed by atoms with Crippen LogP contribution >= 0.6 is 0 Å². The Bertz CT molecular complexity index is 1430. The van der Waals surface area contributed by atoms with Crippen LogP contribution in [0.4, 0.5) is 11.4 Å². The van der Waals surface area contributed by atoms with Crippen LogP contribution in [-0.2, 0) is 7.05 Å². The second kappa shape index (κ2) is 9.66. The summed E-state index contributed by atoms with van der Waals surface area (Å²) >= 11 is 0. The average Bonchev–Trinajstić information content (AvgIpc) is 3.73. The number of hydrogen-bond acceptors (Lipinski definition) is 6. The van der Waals surface area contributed by atoms with Crippen molar-refractivity contribution in [3.63, 3.8) is 0 Å². The molecule has 0 spiro atoms. The highest BCUT2D eigenvalue weighted by atomic mass is 16.1. The molecule has 36 heavy (non-hydrogen) atoms. The number of para-hydroxylation sites is 1. The molecule has 0 amide bonds. The largest absolute Gasteiger partial charge is 0.369 e. The Kier molecular flexibility index (Phi) is 6.41. The van der Waals surface area contributed by atoms with E-state index in [0.29, 0.717) is 22.8 Å². The molecule has 3 aromatic rings. The first-order valence-electron chi connectivity index (χ1n) is 12.8. The maximum atomic E-state index is 13.0. The van der Waals surface area contributed by atoms with Crippen LogP contribution in [-0.4, -0.2) is 35.2 Å². The van der Waals surface area contributed by atoms with Crippen LogP contribution in [0.3, 0.4) is 0 Å². The van der Waals surface area contributed by atoms with Gasteiger partial charge in [-0.05, 0) is 75.1 Å². The number of aromatic nitrogens is 2. The molecule has 2 aliphatic rings. The minimum Gasteiger partial charge on any atom is -0.369 e. The predicted octanol–water partition coefficient (Wildman–Crippen LogP) is 4.65. The Morgan fingerprint density at radius 3 is 2.33 bits per heavy atom. The lowest BCUT2D eigenvalue weighted by Crippen LogP contribution is -2.45. The van der Waals surface area contributed by atoms with Gasteiger partial charge in [-0.1, -0.05) is 18.2 Å². The predicted molar refractivity (Wildman–Crippen MR) is 142 cm³/mol. The van der Waals surface area contributed by atoms with Gasteiger partial charge in [-0.25, -0.2) is 4.98 Å². The fourth-order valence-corrected chi connectivity index (χ4v) is 5.75. The Morgan fingerprint density at radius 1 is 1.00 bits per heavy atom. The number of pyridine rings is 2. The van der Waals surface area contributed by atoms with E-state index in [0.717, 1.165) is 38.1 Å². The quantitative estimate of drug-likeness (QED) is 0.510. The average molecular weight is 481 g/mol. The van der Waals surface area contributed by atoms with Gasteiger partial charge in [-0.15, -0.1) is 0 Å². The first-order valence-corrected chi connectivity index (χ1v) is 12.8. The van der Waals surface area contributed by atoms with Crippen molar-refractivity contribution in [1.29, 1.82) is 10.5 Å². The third-order valence-electron chi connectivity index (χ3n) is 8.03. The fourth-order valence-electron chi connectivity index (χ4n) is 5.75. The zero-order valence-corrected chi connectivity index (χ0v) is 21.2. The summed E-state index contributed by atoms with van der Waals surface area (Å²) in [5.74, 6) is 0.801. The van der Waals surface area contributed by atoms with Crippen LogP contribution in [0.5, 0.6) is 0 Å². The number of anilines is 2. The van der Waals surface area contributed by atoms with Crippen molar-refractivity contribution in [3.05, 3.63) is 63.6 Å². The van der Waals surface area contributed by atoms with Crippen LogP contribution in [0, 0.1) is 35.5 Å². The SMILES string of the molecule is Cc1ccccc1N(CC1CC1)C1CCC(N(C)c2c(C#N)c(=O)n(C)c3ccc(C#N)nc23)CC1. The first kappa shape index (κ1) is 23.9. The summed E-state index contributed by atoms with van der Waals surface area (Å²) in [5.41, 5.74) is 4.41. The van der Waals surface area contributed by atoms with E-state index in [1.807, 2.05) is 7.05 Å². The van der Waals surface area contributed by atoms with E-state index in [2.05, 4.69) is 58.1 Å². The van der Waals surface area contributed by atoms with E-state index >= 15 is 0 Å². The number of nitriles is 2. The van der Waals surface area contributed by atoms with Gasteiger partial charge in [-0.3, -0.25) is 4.79 Å². The van der Waals surface area contributed by atoms with Gasteiger partial charge in [0, 0.05) is 38.4 Å². The van der Waals surface area contributed by atoms with Crippen molar-refractivity contribution in [2.45, 2.75) is 57.5 Å². The Hall–Kier alpha value is -3.84. The second-order valence-electron chi connectivity index (χ2n) is 10.3. The van der Waals surface area contributed by atoms with Gasteiger partial charge >= 0.3 is 0 Å². The van der Waals surface area contributed by atoms with Crippen molar-refractivity contribution >= 4 is 22.4 Å². The van der Waals surface area contributed by atoms with Crippen LogP contribution in [0.25, 0.3) is 11.0 Å². The van der Waals surface area contributed by atoms with Gasteiger partial charge in [-0.2, -0.15) is 10.5 Å². The zero-order valence-electron chi connectivity index (χ0n) is 21.2. The molecule has 0 unspecified atom stereocenters. The summed E-state index contributed by atoms with van der Waals surface area (Å²) < 4.78 is 1.45. The third kappa shape index (κ3) is 4.31. The lowest BCUT2D eigenvalue weighted by atomic mass is 9.88. The van der Waals surface area contributed by atoms with E-state index in [1.165, 1.54) is 28.7 Å². The van der Waals surface area contributed by atoms with E-state index in [9.17, 15) is 15.3 Å². The van der Waals surface area contributed by atoms with E-state index in [4.69, 9.17) is 0 Å². The van der Waals surface area contributed by atoms with Gasteiger partial charge in [0.25, 0.3) is 5.56 Å². The topological polar surface area (TPSA) is 89.0 Å². The van der Waals surface area contributed by atoms with Crippen molar-refractivity contribution in [2.75, 3.05) is 23.4 Å². The van der Waals surface area contributed by atoms with Crippen LogP contribution in [0.15, 0.2) is 41.2 Å². The van der Waals surface area contributed by atoms with Gasteiger partial charge in [0.15, 0.2) is 0 Å². The van der Waals surface area contributed by atoms with Crippen LogP contribution < -0.4 is 15.4 Å². The molecular weight excluding hydrogens is 448 g/mol. The highest BCUT2D eigenvalue weighted by Gasteiger charge is 2.34. The van der Waals surface area contributed by atoms with Gasteiger partial charge in [0.2, 0.25) is 0 Å². The number of hydrogen-bond donors (Lipinski definition) is 0. The molecule has 2 aromatic heterocycles. The molecule has 7 heteroatoms. The summed E-state index contributed by atoms with van der Waals surface area (Å²) in [7, 11) is 3.61. The molecule has 2 saturated carbocycles. The summed E-state index contributed by atoms with van der Waals surface area (Å²) in [4.78, 5) is 22.3. The van der Waals surface area contributed by atoms with E-state index in [1.54, 1.807) is 19.2 Å². The van der Waals surface area contributed by atoms with Crippen molar-refractivity contribution in [3.8, 4) is 12.1 Å². The molecule has 2 heterocycles. The van der Waals surface area contributed by atoms with Gasteiger partial charge in [0.1, 0.15) is 28.9 Å². The molecule has 2 aliphatic carbocycles. The third-order valence-corrected chi connectivity index (χ3v) is 8.03. The molecule has 184 valence electrons. The molecule has 0 aliphatic heterocycles. The monoisotopic (exact) mass is 480 g/mol. The minimum absolute atomic E-state index is 0.0903. The zero-order chi connectivity index (χ0) is 25.4. The molecule has 2 fully saturated rings. The number of rotatable bonds is 6. The molecule has 7 nitrogen and oxygen atoms in total. The molecule has 0 atom stereocenters. The number of fused-ring (bicyclic) bond motifs is 1.